The van der Waals surface area contributed by atoms with Gasteiger partial charge in [0.15, 0.2) is 6.10 Å². The molecular formula is C16H20N2OS. The molecule has 1 aliphatic heterocycles. The fraction of sp³-hybridized carbons (Fsp3) is 0.438. The van der Waals surface area contributed by atoms with Gasteiger partial charge in [-0.1, -0.05) is 24.6 Å². The Bertz CT molecular complexity index is 568. The predicted octanol–water partition coefficient (Wildman–Crippen LogP) is 4.02. The van der Waals surface area contributed by atoms with Crippen molar-refractivity contribution in [3.63, 3.8) is 0 Å². The molecule has 0 fully saturated rings. The number of nitrogens with zero attached hydrogens (tertiary/aromatic N) is 1. The van der Waals surface area contributed by atoms with Gasteiger partial charge in [0.1, 0.15) is 10.8 Å². The lowest BCUT2D eigenvalue weighted by Crippen LogP contribution is -2.29. The molecule has 4 heteroatoms. The first kappa shape index (κ1) is 13.6. The van der Waals surface area contributed by atoms with E-state index in [1.807, 2.05) is 11.6 Å². The van der Waals surface area contributed by atoms with Gasteiger partial charge in [-0.2, -0.15) is 0 Å². The quantitative estimate of drug-likeness (QED) is 0.922. The van der Waals surface area contributed by atoms with Gasteiger partial charge < -0.3 is 10.1 Å². The number of hydrogen-bond donors (Lipinski definition) is 1. The summed E-state index contributed by atoms with van der Waals surface area (Å²) in [6, 6.07) is 6.79. The number of aromatic nitrogens is 1. The van der Waals surface area contributed by atoms with Crippen LogP contribution in [0.1, 0.15) is 48.0 Å². The monoisotopic (exact) mass is 288 g/mol. The molecule has 1 aliphatic rings. The summed E-state index contributed by atoms with van der Waals surface area (Å²) in [5, 5.41) is 6.72. The molecule has 0 amide bonds. The number of benzene rings is 1. The minimum Gasteiger partial charge on any atom is -0.483 e. The molecule has 0 saturated heterocycles. The number of ether oxygens (including phenoxy) is 1. The van der Waals surface area contributed by atoms with Gasteiger partial charge in [-0.25, -0.2) is 4.98 Å². The SMILES string of the molecule is CCCNC1CC(c2nccs2)Oc2ccc(C)cc21. The molecule has 0 bridgehead atoms. The summed E-state index contributed by atoms with van der Waals surface area (Å²) in [5.41, 5.74) is 2.56. The molecule has 1 aromatic carbocycles. The summed E-state index contributed by atoms with van der Waals surface area (Å²) in [5.74, 6) is 0.996. The number of fused-ring (bicyclic) bond motifs is 1. The molecular weight excluding hydrogens is 268 g/mol. The van der Waals surface area contributed by atoms with Crippen LogP contribution >= 0.6 is 11.3 Å². The molecule has 2 aromatic rings. The molecule has 0 spiro atoms. The second kappa shape index (κ2) is 5.94. The maximum Gasteiger partial charge on any atom is 0.152 e. The Labute approximate surface area is 124 Å². The molecule has 2 heterocycles. The van der Waals surface area contributed by atoms with Gasteiger partial charge in [0.05, 0.1) is 0 Å². The van der Waals surface area contributed by atoms with Gasteiger partial charge in [-0.3, -0.25) is 0 Å². The maximum atomic E-state index is 6.15. The molecule has 2 atom stereocenters. The van der Waals surface area contributed by atoms with Gasteiger partial charge >= 0.3 is 0 Å². The minimum absolute atomic E-state index is 0.0690. The van der Waals surface area contributed by atoms with Crippen molar-refractivity contribution in [3.8, 4) is 5.75 Å². The number of hydrogen-bond acceptors (Lipinski definition) is 4. The Morgan fingerprint density at radius 1 is 1.45 bits per heavy atom. The lowest BCUT2D eigenvalue weighted by atomic mass is 9.95. The highest BCUT2D eigenvalue weighted by molar-refractivity contribution is 7.09. The van der Waals surface area contributed by atoms with E-state index in [2.05, 4.69) is 42.3 Å². The average Bonchev–Trinajstić information content (AvgIpc) is 2.99. The molecule has 2 unspecified atom stereocenters. The normalized spacial score (nSPS) is 21.3. The molecule has 106 valence electrons. The van der Waals surface area contributed by atoms with Gasteiger partial charge in [0, 0.05) is 29.6 Å². The van der Waals surface area contributed by atoms with E-state index in [1.165, 1.54) is 11.1 Å². The van der Waals surface area contributed by atoms with Crippen LogP contribution in [-0.2, 0) is 0 Å². The topological polar surface area (TPSA) is 34.2 Å². The largest absolute Gasteiger partial charge is 0.483 e. The third kappa shape index (κ3) is 2.72. The number of aryl methyl sites for hydroxylation is 1. The van der Waals surface area contributed by atoms with Crippen LogP contribution in [0.3, 0.4) is 0 Å². The zero-order chi connectivity index (χ0) is 13.9. The smallest absolute Gasteiger partial charge is 0.152 e. The van der Waals surface area contributed by atoms with Crippen molar-refractivity contribution in [1.82, 2.24) is 10.3 Å². The van der Waals surface area contributed by atoms with Crippen molar-refractivity contribution in [2.24, 2.45) is 0 Å². The highest BCUT2D eigenvalue weighted by Gasteiger charge is 2.30. The summed E-state index contributed by atoms with van der Waals surface area (Å²) >= 11 is 1.67. The number of thiazole rings is 1. The van der Waals surface area contributed by atoms with E-state index in [0.29, 0.717) is 6.04 Å². The van der Waals surface area contributed by atoms with E-state index in [4.69, 9.17) is 4.74 Å². The Kier molecular flexibility index (Phi) is 4.03. The summed E-state index contributed by atoms with van der Waals surface area (Å²) in [6.07, 6.45) is 4.01. The van der Waals surface area contributed by atoms with Crippen LogP contribution in [0.4, 0.5) is 0 Å². The average molecular weight is 288 g/mol. The molecule has 20 heavy (non-hydrogen) atoms. The van der Waals surface area contributed by atoms with Crippen LogP contribution in [0, 0.1) is 6.92 Å². The minimum atomic E-state index is 0.0690. The third-order valence-electron chi connectivity index (χ3n) is 3.63. The van der Waals surface area contributed by atoms with Crippen molar-refractivity contribution in [1.29, 1.82) is 0 Å². The lowest BCUT2D eigenvalue weighted by Gasteiger charge is -2.32. The Morgan fingerprint density at radius 2 is 2.35 bits per heavy atom. The Hall–Kier alpha value is -1.39. The highest BCUT2D eigenvalue weighted by Crippen LogP contribution is 2.41. The number of nitrogens with one attached hydrogen (secondary N) is 1. The van der Waals surface area contributed by atoms with E-state index in [1.54, 1.807) is 11.3 Å². The van der Waals surface area contributed by atoms with E-state index in [9.17, 15) is 0 Å². The third-order valence-corrected chi connectivity index (χ3v) is 4.49. The van der Waals surface area contributed by atoms with Crippen LogP contribution in [-0.4, -0.2) is 11.5 Å². The van der Waals surface area contributed by atoms with Crippen LogP contribution in [0.2, 0.25) is 0 Å². The fourth-order valence-corrected chi connectivity index (χ4v) is 3.33. The van der Waals surface area contributed by atoms with E-state index in [-0.39, 0.29) is 6.10 Å². The number of rotatable bonds is 4. The van der Waals surface area contributed by atoms with Crippen molar-refractivity contribution in [2.45, 2.75) is 38.8 Å². The summed E-state index contributed by atoms with van der Waals surface area (Å²) < 4.78 is 6.15. The second-order valence-corrected chi connectivity index (χ2v) is 6.19. The van der Waals surface area contributed by atoms with Crippen molar-refractivity contribution in [3.05, 3.63) is 45.9 Å². The van der Waals surface area contributed by atoms with E-state index in [0.717, 1.165) is 30.1 Å². The lowest BCUT2D eigenvalue weighted by molar-refractivity contribution is 0.151. The second-order valence-electron chi connectivity index (χ2n) is 5.26. The molecule has 1 aromatic heterocycles. The van der Waals surface area contributed by atoms with Crippen molar-refractivity contribution in [2.75, 3.05) is 6.54 Å². The fourth-order valence-electron chi connectivity index (χ4n) is 2.65. The van der Waals surface area contributed by atoms with Crippen LogP contribution in [0.5, 0.6) is 5.75 Å². The molecule has 3 rings (SSSR count). The standard InChI is InChI=1S/C16H20N2OS/c1-3-6-17-13-10-15(16-18-7-8-20-16)19-14-5-4-11(2)9-12(13)14/h4-5,7-9,13,15,17H,3,6,10H2,1-2H3. The molecule has 3 nitrogen and oxygen atoms in total. The van der Waals surface area contributed by atoms with Crippen molar-refractivity contribution < 1.29 is 4.74 Å². The first-order valence-corrected chi connectivity index (χ1v) is 8.06. The van der Waals surface area contributed by atoms with E-state index >= 15 is 0 Å². The van der Waals surface area contributed by atoms with Gasteiger partial charge in [-0.05, 0) is 26.0 Å². The predicted molar refractivity (Wildman–Crippen MR) is 82.3 cm³/mol. The van der Waals surface area contributed by atoms with Gasteiger partial charge in [0.25, 0.3) is 0 Å². The maximum absolute atomic E-state index is 6.15. The first-order chi connectivity index (χ1) is 9.78. The van der Waals surface area contributed by atoms with Crippen LogP contribution in [0.15, 0.2) is 29.8 Å². The zero-order valence-corrected chi connectivity index (χ0v) is 12.7. The Balaban J connectivity index is 1.90. The zero-order valence-electron chi connectivity index (χ0n) is 11.9. The van der Waals surface area contributed by atoms with Crippen molar-refractivity contribution >= 4 is 11.3 Å². The highest BCUT2D eigenvalue weighted by atomic mass is 32.1. The Morgan fingerprint density at radius 3 is 3.10 bits per heavy atom. The van der Waals surface area contributed by atoms with E-state index < -0.39 is 0 Å². The molecule has 0 saturated carbocycles. The van der Waals surface area contributed by atoms with Crippen LogP contribution in [0.25, 0.3) is 0 Å². The van der Waals surface area contributed by atoms with Gasteiger partial charge in [-0.15, -0.1) is 11.3 Å². The molecule has 0 radical (unpaired) electrons. The van der Waals surface area contributed by atoms with Crippen LogP contribution < -0.4 is 10.1 Å². The molecule has 0 aliphatic carbocycles. The summed E-state index contributed by atoms with van der Waals surface area (Å²) in [6.45, 7) is 5.36. The summed E-state index contributed by atoms with van der Waals surface area (Å²) in [4.78, 5) is 4.41. The first-order valence-electron chi connectivity index (χ1n) is 7.18. The summed E-state index contributed by atoms with van der Waals surface area (Å²) in [7, 11) is 0. The van der Waals surface area contributed by atoms with Gasteiger partial charge in [0.2, 0.25) is 0 Å². The molecule has 1 N–H and O–H groups in total.